The molecule has 7 nitrogen and oxygen atoms in total. The van der Waals surface area contributed by atoms with Gasteiger partial charge in [-0.05, 0) is 0 Å². The molecule has 3 heterocycles. The van der Waals surface area contributed by atoms with Crippen LogP contribution in [0.1, 0.15) is 0 Å². The summed E-state index contributed by atoms with van der Waals surface area (Å²) in [6, 6.07) is 1.70. The van der Waals surface area contributed by atoms with Crippen molar-refractivity contribution in [1.82, 2.24) is 24.5 Å². The smallest absolute Gasteiger partial charge is 0.255 e. The van der Waals surface area contributed by atoms with E-state index in [9.17, 15) is 4.79 Å². The van der Waals surface area contributed by atoms with Crippen molar-refractivity contribution in [3.63, 3.8) is 0 Å². The highest BCUT2D eigenvalue weighted by molar-refractivity contribution is 6.29. The Morgan fingerprint density at radius 2 is 2.22 bits per heavy atom. The van der Waals surface area contributed by atoms with E-state index in [2.05, 4.69) is 15.1 Å². The van der Waals surface area contributed by atoms with Gasteiger partial charge < -0.3 is 9.80 Å². The molecule has 1 aliphatic rings. The number of halogens is 1. The fourth-order valence-electron chi connectivity index (χ4n) is 1.95. The van der Waals surface area contributed by atoms with Crippen LogP contribution in [0.25, 0.3) is 5.78 Å². The highest BCUT2D eigenvalue weighted by Gasteiger charge is 2.23. The van der Waals surface area contributed by atoms with Gasteiger partial charge in [-0.3, -0.25) is 4.79 Å². The normalized spacial score (nSPS) is 16.7. The molecule has 3 rings (SSSR count). The summed E-state index contributed by atoms with van der Waals surface area (Å²) < 4.78 is 1.59. The summed E-state index contributed by atoms with van der Waals surface area (Å²) >= 11 is 5.95. The predicted octanol–water partition coefficient (Wildman–Crippen LogP) is 0.0561. The van der Waals surface area contributed by atoms with Gasteiger partial charge in [-0.2, -0.15) is 19.6 Å². The van der Waals surface area contributed by atoms with Crippen LogP contribution >= 0.6 is 11.6 Å². The molecule has 0 aliphatic carbocycles. The number of nitrogens with zero attached hydrogens (tertiary/aromatic N) is 6. The maximum Gasteiger partial charge on any atom is 0.255 e. The first-order chi connectivity index (χ1) is 8.65. The van der Waals surface area contributed by atoms with Gasteiger partial charge in [0.15, 0.2) is 0 Å². The van der Waals surface area contributed by atoms with Crippen LogP contribution in [0.4, 0.5) is 5.82 Å². The lowest BCUT2D eigenvalue weighted by molar-refractivity contribution is -0.129. The van der Waals surface area contributed by atoms with Crippen molar-refractivity contribution in [2.45, 2.75) is 0 Å². The molecular weight excluding hydrogens is 256 g/mol. The molecule has 0 unspecified atom stereocenters. The van der Waals surface area contributed by atoms with Crippen LogP contribution in [-0.4, -0.2) is 57.1 Å². The van der Waals surface area contributed by atoms with Gasteiger partial charge in [0.05, 0.1) is 6.54 Å². The van der Waals surface area contributed by atoms with E-state index < -0.39 is 0 Å². The molecule has 1 fully saturated rings. The summed E-state index contributed by atoms with van der Waals surface area (Å²) in [5.74, 6) is 1.25. The second-order valence-corrected chi connectivity index (χ2v) is 4.53. The van der Waals surface area contributed by atoms with Gasteiger partial charge in [0, 0.05) is 26.2 Å². The van der Waals surface area contributed by atoms with Crippen molar-refractivity contribution in [3.8, 4) is 0 Å². The number of fused-ring (bicyclic) bond motifs is 1. The topological polar surface area (TPSA) is 66.6 Å². The summed E-state index contributed by atoms with van der Waals surface area (Å²) in [6.07, 6.45) is 1.42. The van der Waals surface area contributed by atoms with Crippen LogP contribution in [0.2, 0.25) is 5.15 Å². The largest absolute Gasteiger partial charge is 0.345 e. The summed E-state index contributed by atoms with van der Waals surface area (Å²) in [5, 5.41) is 4.44. The van der Waals surface area contributed by atoms with E-state index in [0.717, 1.165) is 12.4 Å². The SMILES string of the molecule is CN1CCN(c2cc(Cl)nc3ncnn23)CC1=O. The number of aromatic nitrogens is 4. The first-order valence-electron chi connectivity index (χ1n) is 5.50. The summed E-state index contributed by atoms with van der Waals surface area (Å²) in [6.45, 7) is 1.72. The standard InChI is InChI=1S/C10H11ClN6O/c1-15-2-3-16(5-9(15)18)8-4-7(11)14-10-12-6-13-17(8)10/h4,6H,2-3,5H2,1H3. The first-order valence-corrected chi connectivity index (χ1v) is 5.88. The second-order valence-electron chi connectivity index (χ2n) is 4.15. The second kappa shape index (κ2) is 4.09. The molecule has 2 aromatic rings. The van der Waals surface area contributed by atoms with E-state index in [-0.39, 0.29) is 5.91 Å². The molecule has 0 N–H and O–H groups in total. The first kappa shape index (κ1) is 11.2. The van der Waals surface area contributed by atoms with Crippen molar-refractivity contribution in [2.24, 2.45) is 0 Å². The Morgan fingerprint density at radius 3 is 3.00 bits per heavy atom. The van der Waals surface area contributed by atoms with E-state index in [1.54, 1.807) is 22.5 Å². The number of amides is 1. The molecule has 0 bridgehead atoms. The molecule has 0 atom stereocenters. The van der Waals surface area contributed by atoms with E-state index in [1.165, 1.54) is 6.33 Å². The van der Waals surface area contributed by atoms with Crippen LogP contribution in [0.15, 0.2) is 12.4 Å². The number of hydrogen-bond donors (Lipinski definition) is 0. The van der Waals surface area contributed by atoms with E-state index >= 15 is 0 Å². The quantitative estimate of drug-likeness (QED) is 0.683. The Hall–Kier alpha value is -1.89. The van der Waals surface area contributed by atoms with Gasteiger partial charge in [-0.25, -0.2) is 0 Å². The zero-order valence-corrected chi connectivity index (χ0v) is 10.5. The molecule has 1 amide bonds. The van der Waals surface area contributed by atoms with E-state index in [1.807, 2.05) is 4.90 Å². The van der Waals surface area contributed by atoms with Crippen molar-refractivity contribution in [2.75, 3.05) is 31.6 Å². The Balaban J connectivity index is 2.03. The lowest BCUT2D eigenvalue weighted by atomic mass is 10.3. The van der Waals surface area contributed by atoms with Crippen molar-refractivity contribution < 1.29 is 4.79 Å². The lowest BCUT2D eigenvalue weighted by Crippen LogP contribution is -2.49. The van der Waals surface area contributed by atoms with Gasteiger partial charge in [0.2, 0.25) is 5.91 Å². The van der Waals surface area contributed by atoms with Crippen LogP contribution < -0.4 is 4.90 Å². The number of anilines is 1. The Labute approximate surface area is 108 Å². The van der Waals surface area contributed by atoms with Gasteiger partial charge in [-0.1, -0.05) is 11.6 Å². The molecule has 2 aromatic heterocycles. The zero-order valence-electron chi connectivity index (χ0n) is 9.75. The number of likely N-dealkylation sites (N-methyl/N-ethyl adjacent to an activating group) is 1. The Bertz CT molecular complexity index is 611. The summed E-state index contributed by atoms with van der Waals surface area (Å²) in [5.41, 5.74) is 0. The van der Waals surface area contributed by atoms with Crippen molar-refractivity contribution >= 4 is 29.1 Å². The third-order valence-corrected chi connectivity index (χ3v) is 3.18. The van der Waals surface area contributed by atoms with Gasteiger partial charge in [-0.15, -0.1) is 0 Å². The predicted molar refractivity (Wildman–Crippen MR) is 65.6 cm³/mol. The van der Waals surface area contributed by atoms with Crippen molar-refractivity contribution in [1.29, 1.82) is 0 Å². The molecule has 1 saturated heterocycles. The fourth-order valence-corrected chi connectivity index (χ4v) is 2.12. The summed E-state index contributed by atoms with van der Waals surface area (Å²) in [7, 11) is 1.80. The Morgan fingerprint density at radius 1 is 1.39 bits per heavy atom. The van der Waals surface area contributed by atoms with Crippen LogP contribution in [-0.2, 0) is 4.79 Å². The highest BCUT2D eigenvalue weighted by atomic mass is 35.5. The Kier molecular flexibility index (Phi) is 2.55. The average Bonchev–Trinajstić information content (AvgIpc) is 2.79. The molecule has 0 spiro atoms. The third-order valence-electron chi connectivity index (χ3n) is 2.98. The van der Waals surface area contributed by atoms with Crippen molar-refractivity contribution in [3.05, 3.63) is 17.5 Å². The van der Waals surface area contributed by atoms with Crippen LogP contribution in [0.3, 0.4) is 0 Å². The van der Waals surface area contributed by atoms with Gasteiger partial charge >= 0.3 is 0 Å². The molecule has 0 aromatic carbocycles. The number of rotatable bonds is 1. The minimum atomic E-state index is 0.0717. The highest BCUT2D eigenvalue weighted by Crippen LogP contribution is 2.20. The van der Waals surface area contributed by atoms with Gasteiger partial charge in [0.25, 0.3) is 5.78 Å². The molecule has 8 heteroatoms. The zero-order chi connectivity index (χ0) is 12.7. The lowest BCUT2D eigenvalue weighted by Gasteiger charge is -2.33. The fraction of sp³-hybridized carbons (Fsp3) is 0.400. The van der Waals surface area contributed by atoms with Crippen LogP contribution in [0, 0.1) is 0 Å². The van der Waals surface area contributed by atoms with E-state index in [4.69, 9.17) is 11.6 Å². The summed E-state index contributed by atoms with van der Waals surface area (Å²) in [4.78, 5) is 23.4. The average molecular weight is 267 g/mol. The molecule has 0 radical (unpaired) electrons. The van der Waals surface area contributed by atoms with Gasteiger partial charge in [0.1, 0.15) is 17.3 Å². The third kappa shape index (κ3) is 1.76. The minimum Gasteiger partial charge on any atom is -0.345 e. The number of piperazine rings is 1. The number of hydrogen-bond acceptors (Lipinski definition) is 5. The van der Waals surface area contributed by atoms with Crippen LogP contribution in [0.5, 0.6) is 0 Å². The maximum absolute atomic E-state index is 11.7. The monoisotopic (exact) mass is 266 g/mol. The number of carbonyl (C=O) groups excluding carboxylic acids is 1. The van der Waals surface area contributed by atoms with E-state index in [0.29, 0.717) is 24.0 Å². The number of carbonyl (C=O) groups is 1. The molecule has 94 valence electrons. The minimum absolute atomic E-state index is 0.0717. The molecule has 1 aliphatic heterocycles. The molecule has 18 heavy (non-hydrogen) atoms. The molecular formula is C10H11ClN6O. The maximum atomic E-state index is 11.7. The molecule has 0 saturated carbocycles.